The van der Waals surface area contributed by atoms with Gasteiger partial charge < -0.3 is 14.6 Å². The number of unbranched alkanes of at least 4 members (excludes halogenated alkanes) is 2. The minimum absolute atomic E-state index is 0.272. The molecule has 2 fully saturated rings. The van der Waals surface area contributed by atoms with Crippen LogP contribution in [0.15, 0.2) is 0 Å². The second-order valence-corrected chi connectivity index (χ2v) is 8.08. The number of rotatable bonds is 10. The van der Waals surface area contributed by atoms with E-state index < -0.39 is 11.4 Å². The summed E-state index contributed by atoms with van der Waals surface area (Å²) in [7, 11) is 0. The third-order valence-electron chi connectivity index (χ3n) is 6.37. The Balaban J connectivity index is 1.82. The monoisotopic (exact) mass is 354 g/mol. The van der Waals surface area contributed by atoms with Crippen LogP contribution in [0, 0.1) is 11.3 Å². The quantitative estimate of drug-likeness (QED) is 0.548. The maximum Gasteiger partial charge on any atom is 0.309 e. The zero-order valence-corrected chi connectivity index (χ0v) is 16.3. The summed E-state index contributed by atoms with van der Waals surface area (Å²) in [5.74, 6) is -0.262. The predicted molar refractivity (Wildman–Crippen MR) is 99.8 cm³/mol. The van der Waals surface area contributed by atoms with Gasteiger partial charge in [-0.3, -0.25) is 4.79 Å². The molecule has 0 saturated heterocycles. The fourth-order valence-corrected chi connectivity index (χ4v) is 4.74. The van der Waals surface area contributed by atoms with Crippen molar-refractivity contribution in [1.29, 1.82) is 0 Å². The second-order valence-electron chi connectivity index (χ2n) is 8.08. The summed E-state index contributed by atoms with van der Waals surface area (Å²) in [6, 6.07) is 0. The van der Waals surface area contributed by atoms with Crippen molar-refractivity contribution in [1.82, 2.24) is 0 Å². The maximum absolute atomic E-state index is 12.2. The molecule has 1 N–H and O–H groups in total. The molecule has 0 aliphatic heterocycles. The van der Waals surface area contributed by atoms with Crippen LogP contribution < -0.4 is 0 Å². The Labute approximate surface area is 153 Å². The predicted octanol–water partition coefficient (Wildman–Crippen LogP) is 5.19. The molecule has 2 aliphatic carbocycles. The molecule has 0 amide bonds. The molecule has 2 aliphatic rings. The Morgan fingerprint density at radius 2 is 1.48 bits per heavy atom. The Morgan fingerprint density at radius 3 is 2.04 bits per heavy atom. The molecule has 0 heterocycles. The Kier molecular flexibility index (Phi) is 8.71. The summed E-state index contributed by atoms with van der Waals surface area (Å²) in [6.07, 6.45) is 12.7. The van der Waals surface area contributed by atoms with E-state index in [0.717, 1.165) is 77.4 Å². The molecular formula is C21H38O4. The number of aliphatic carboxylic acids is 1. The van der Waals surface area contributed by atoms with E-state index in [9.17, 15) is 9.90 Å². The van der Waals surface area contributed by atoms with Gasteiger partial charge in [0, 0.05) is 13.2 Å². The minimum Gasteiger partial charge on any atom is -0.481 e. The van der Waals surface area contributed by atoms with Gasteiger partial charge in [-0.15, -0.1) is 0 Å². The summed E-state index contributed by atoms with van der Waals surface area (Å²) in [5, 5.41) is 10.0. The van der Waals surface area contributed by atoms with E-state index in [1.807, 2.05) is 0 Å². The van der Waals surface area contributed by atoms with Crippen molar-refractivity contribution in [2.75, 3.05) is 13.2 Å². The lowest BCUT2D eigenvalue weighted by Crippen LogP contribution is -2.45. The fraction of sp³-hybridized carbons (Fsp3) is 0.952. The molecule has 0 radical (unpaired) electrons. The zero-order chi connectivity index (χ0) is 18.1. The number of carbonyl (C=O) groups is 1. The van der Waals surface area contributed by atoms with Gasteiger partial charge >= 0.3 is 5.97 Å². The average Bonchev–Trinajstić information content (AvgIpc) is 2.64. The molecule has 0 atom stereocenters. The highest BCUT2D eigenvalue weighted by Gasteiger charge is 2.48. The fourth-order valence-electron chi connectivity index (χ4n) is 4.74. The van der Waals surface area contributed by atoms with Gasteiger partial charge in [0.15, 0.2) is 0 Å². The molecule has 2 saturated carbocycles. The highest BCUT2D eigenvalue weighted by molar-refractivity contribution is 5.75. The van der Waals surface area contributed by atoms with E-state index in [1.54, 1.807) is 0 Å². The first-order valence-corrected chi connectivity index (χ1v) is 10.6. The Bertz CT molecular complexity index is 379. The van der Waals surface area contributed by atoms with Crippen molar-refractivity contribution in [3.8, 4) is 0 Å². The molecule has 0 aromatic rings. The van der Waals surface area contributed by atoms with Crippen molar-refractivity contribution >= 4 is 5.97 Å². The minimum atomic E-state index is -0.574. The third kappa shape index (κ3) is 5.68. The molecule has 0 aromatic heterocycles. The molecule has 4 heteroatoms. The molecular weight excluding hydrogens is 316 g/mol. The van der Waals surface area contributed by atoms with E-state index in [4.69, 9.17) is 9.47 Å². The first kappa shape index (κ1) is 20.7. The Hall–Kier alpha value is -0.610. The lowest BCUT2D eigenvalue weighted by molar-refractivity contribution is -0.160. The van der Waals surface area contributed by atoms with Crippen LogP contribution in [-0.2, 0) is 14.3 Å². The topological polar surface area (TPSA) is 55.8 Å². The van der Waals surface area contributed by atoms with Crippen LogP contribution in [0.25, 0.3) is 0 Å². The summed E-state index contributed by atoms with van der Waals surface area (Å²) in [6.45, 7) is 5.99. The molecule has 0 bridgehead atoms. The second kappa shape index (κ2) is 10.5. The lowest BCUT2D eigenvalue weighted by Gasteiger charge is -2.44. The number of carboxylic acids is 1. The van der Waals surface area contributed by atoms with Gasteiger partial charge in [-0.25, -0.2) is 0 Å². The van der Waals surface area contributed by atoms with Crippen molar-refractivity contribution in [2.24, 2.45) is 11.3 Å². The van der Waals surface area contributed by atoms with Gasteiger partial charge in [0.2, 0.25) is 0 Å². The van der Waals surface area contributed by atoms with Gasteiger partial charge in [-0.1, -0.05) is 26.7 Å². The van der Waals surface area contributed by atoms with Crippen molar-refractivity contribution in [3.05, 3.63) is 0 Å². The van der Waals surface area contributed by atoms with Crippen molar-refractivity contribution in [2.45, 2.75) is 103 Å². The first-order valence-electron chi connectivity index (χ1n) is 10.6. The average molecular weight is 355 g/mol. The SMILES string of the molecule is CCCCCOC1CCC(C(=O)O)(C2CCC(OCCC)CC2)CC1. The van der Waals surface area contributed by atoms with E-state index in [1.165, 1.54) is 12.8 Å². The smallest absolute Gasteiger partial charge is 0.309 e. The molecule has 0 unspecified atom stereocenters. The van der Waals surface area contributed by atoms with Gasteiger partial charge in [0.05, 0.1) is 17.6 Å². The number of hydrogen-bond acceptors (Lipinski definition) is 3. The largest absolute Gasteiger partial charge is 0.481 e. The molecule has 25 heavy (non-hydrogen) atoms. The highest BCUT2D eigenvalue weighted by Crippen LogP contribution is 2.49. The van der Waals surface area contributed by atoms with E-state index >= 15 is 0 Å². The lowest BCUT2D eigenvalue weighted by atomic mass is 9.61. The van der Waals surface area contributed by atoms with Gasteiger partial charge in [0.25, 0.3) is 0 Å². The molecule has 146 valence electrons. The number of carboxylic acid groups (broad SMARTS) is 1. The summed E-state index contributed by atoms with van der Waals surface area (Å²) >= 11 is 0. The molecule has 2 rings (SSSR count). The number of hydrogen-bond donors (Lipinski definition) is 1. The van der Waals surface area contributed by atoms with Crippen molar-refractivity contribution < 1.29 is 19.4 Å². The van der Waals surface area contributed by atoms with Crippen LogP contribution in [0.2, 0.25) is 0 Å². The van der Waals surface area contributed by atoms with Crippen LogP contribution in [0.3, 0.4) is 0 Å². The Morgan fingerprint density at radius 1 is 0.880 bits per heavy atom. The van der Waals surface area contributed by atoms with Gasteiger partial charge in [-0.05, 0) is 70.1 Å². The normalized spacial score (nSPS) is 33.3. The standard InChI is InChI=1S/C21H38O4/c1-3-5-6-16-25-19-11-13-21(14-12-19,20(22)23)17-7-9-18(10-8-17)24-15-4-2/h17-19H,3-16H2,1-2H3,(H,22,23). The van der Waals surface area contributed by atoms with Crippen LogP contribution >= 0.6 is 0 Å². The van der Waals surface area contributed by atoms with Gasteiger partial charge in [-0.2, -0.15) is 0 Å². The molecule has 0 aromatic carbocycles. The van der Waals surface area contributed by atoms with Crippen LogP contribution in [0.1, 0.15) is 90.9 Å². The van der Waals surface area contributed by atoms with E-state index in [-0.39, 0.29) is 6.10 Å². The highest BCUT2D eigenvalue weighted by atomic mass is 16.5. The molecule has 4 nitrogen and oxygen atoms in total. The van der Waals surface area contributed by atoms with Crippen molar-refractivity contribution in [3.63, 3.8) is 0 Å². The summed E-state index contributed by atoms with van der Waals surface area (Å²) in [4.78, 5) is 12.2. The van der Waals surface area contributed by atoms with Gasteiger partial charge in [0.1, 0.15) is 0 Å². The maximum atomic E-state index is 12.2. The zero-order valence-electron chi connectivity index (χ0n) is 16.3. The molecule has 0 spiro atoms. The van der Waals surface area contributed by atoms with Crippen LogP contribution in [0.5, 0.6) is 0 Å². The summed E-state index contributed by atoms with van der Waals surface area (Å²) < 4.78 is 11.9. The van der Waals surface area contributed by atoms with Crippen LogP contribution in [-0.4, -0.2) is 36.5 Å². The first-order chi connectivity index (χ1) is 12.1. The van der Waals surface area contributed by atoms with Crippen LogP contribution in [0.4, 0.5) is 0 Å². The van der Waals surface area contributed by atoms with E-state index in [0.29, 0.717) is 12.0 Å². The number of ether oxygens (including phenoxy) is 2. The van der Waals surface area contributed by atoms with E-state index in [2.05, 4.69) is 13.8 Å². The summed E-state index contributed by atoms with van der Waals surface area (Å²) in [5.41, 5.74) is -0.515. The third-order valence-corrected chi connectivity index (χ3v) is 6.37.